The molecule has 1 unspecified atom stereocenters. The molecule has 0 heterocycles. The molecule has 2 nitrogen and oxygen atoms in total. The van der Waals surface area contributed by atoms with Crippen molar-refractivity contribution in [3.63, 3.8) is 0 Å². The quantitative estimate of drug-likeness (QED) is 0.805. The van der Waals surface area contributed by atoms with Gasteiger partial charge in [0, 0.05) is 11.1 Å². The second-order valence-electron chi connectivity index (χ2n) is 5.08. The average molecular weight is 304 g/mol. The van der Waals surface area contributed by atoms with Gasteiger partial charge in [-0.3, -0.25) is 0 Å². The van der Waals surface area contributed by atoms with Gasteiger partial charge in [-0.25, -0.2) is 0 Å². The number of benzene rings is 2. The van der Waals surface area contributed by atoms with E-state index in [-0.39, 0.29) is 6.04 Å². The van der Waals surface area contributed by atoms with E-state index in [2.05, 4.69) is 24.4 Å². The molecule has 2 aromatic rings. The smallest absolute Gasteiger partial charge is 0.122 e. The molecule has 0 aromatic heterocycles. The number of ether oxygens (including phenoxy) is 1. The van der Waals surface area contributed by atoms with Crippen molar-refractivity contribution in [3.8, 4) is 5.75 Å². The molecule has 2 rings (SSSR count). The molecular formula is C18H22ClNO. The molecule has 2 aromatic carbocycles. The molecule has 0 bridgehead atoms. The summed E-state index contributed by atoms with van der Waals surface area (Å²) in [4.78, 5) is 0. The molecule has 1 N–H and O–H groups in total. The number of nitrogens with one attached hydrogen (secondary N) is 1. The average Bonchev–Trinajstić information content (AvgIpc) is 2.51. The number of hydrogen-bond acceptors (Lipinski definition) is 2. The molecule has 21 heavy (non-hydrogen) atoms. The van der Waals surface area contributed by atoms with Crippen molar-refractivity contribution in [2.45, 2.75) is 25.8 Å². The van der Waals surface area contributed by atoms with E-state index in [1.54, 1.807) is 7.11 Å². The van der Waals surface area contributed by atoms with Gasteiger partial charge in [-0.1, -0.05) is 48.9 Å². The normalized spacial score (nSPS) is 12.1. The number of halogens is 1. The summed E-state index contributed by atoms with van der Waals surface area (Å²) in [7, 11) is 1.71. The summed E-state index contributed by atoms with van der Waals surface area (Å²) < 4.78 is 5.46. The van der Waals surface area contributed by atoms with Crippen LogP contribution in [0.2, 0.25) is 5.02 Å². The van der Waals surface area contributed by atoms with E-state index in [0.717, 1.165) is 30.2 Å². The first kappa shape index (κ1) is 15.9. The monoisotopic (exact) mass is 303 g/mol. The minimum absolute atomic E-state index is 0.236. The van der Waals surface area contributed by atoms with E-state index in [9.17, 15) is 0 Å². The molecule has 0 aliphatic carbocycles. The van der Waals surface area contributed by atoms with Crippen molar-refractivity contribution in [1.29, 1.82) is 0 Å². The van der Waals surface area contributed by atoms with Crippen LogP contribution >= 0.6 is 11.6 Å². The van der Waals surface area contributed by atoms with Crippen molar-refractivity contribution in [2.75, 3.05) is 13.7 Å². The molecule has 0 fully saturated rings. The third-order valence-electron chi connectivity index (χ3n) is 3.51. The molecule has 3 heteroatoms. The molecule has 112 valence electrons. The predicted molar refractivity (Wildman–Crippen MR) is 89.2 cm³/mol. The highest BCUT2D eigenvalue weighted by Gasteiger charge is 2.14. The van der Waals surface area contributed by atoms with Crippen LogP contribution in [-0.2, 0) is 6.42 Å². The molecule has 0 saturated carbocycles. The summed E-state index contributed by atoms with van der Waals surface area (Å²) in [6.45, 7) is 3.15. The molecular weight excluding hydrogens is 282 g/mol. The third kappa shape index (κ3) is 4.48. The summed E-state index contributed by atoms with van der Waals surface area (Å²) in [6, 6.07) is 16.5. The zero-order chi connectivity index (χ0) is 15.1. The highest BCUT2D eigenvalue weighted by Crippen LogP contribution is 2.26. The lowest BCUT2D eigenvalue weighted by Crippen LogP contribution is -2.24. The van der Waals surface area contributed by atoms with Crippen LogP contribution in [0.5, 0.6) is 5.75 Å². The van der Waals surface area contributed by atoms with Gasteiger partial charge in [0.15, 0.2) is 0 Å². The maximum Gasteiger partial charge on any atom is 0.122 e. The number of rotatable bonds is 7. The summed E-state index contributed by atoms with van der Waals surface area (Å²) in [5.74, 6) is 0.933. The molecule has 1 atom stereocenters. The molecule has 0 amide bonds. The Morgan fingerprint density at radius 1 is 1.14 bits per heavy atom. The molecule has 0 radical (unpaired) electrons. The molecule has 0 spiro atoms. The molecule has 0 aliphatic heterocycles. The number of methoxy groups -OCH3 is 1. The summed E-state index contributed by atoms with van der Waals surface area (Å²) in [5.41, 5.74) is 2.41. The first-order chi connectivity index (χ1) is 10.2. The fraction of sp³-hybridized carbons (Fsp3) is 0.333. The zero-order valence-corrected chi connectivity index (χ0v) is 13.4. The van der Waals surface area contributed by atoms with E-state index in [0.29, 0.717) is 0 Å². The lowest BCUT2D eigenvalue weighted by molar-refractivity contribution is 0.405. The predicted octanol–water partition coefficient (Wildman–Crippen LogP) is 4.63. The van der Waals surface area contributed by atoms with Crippen LogP contribution in [0.3, 0.4) is 0 Å². The largest absolute Gasteiger partial charge is 0.496 e. The summed E-state index contributed by atoms with van der Waals surface area (Å²) in [6.07, 6.45) is 1.98. The third-order valence-corrected chi connectivity index (χ3v) is 3.74. The fourth-order valence-electron chi connectivity index (χ4n) is 2.44. The zero-order valence-electron chi connectivity index (χ0n) is 12.6. The van der Waals surface area contributed by atoms with Gasteiger partial charge in [-0.05, 0) is 48.7 Å². The topological polar surface area (TPSA) is 21.3 Å². The lowest BCUT2D eigenvalue weighted by Gasteiger charge is -2.20. The van der Waals surface area contributed by atoms with Crippen LogP contribution in [0.15, 0.2) is 48.5 Å². The second-order valence-corrected chi connectivity index (χ2v) is 5.51. The maximum atomic E-state index is 6.13. The fourth-order valence-corrected chi connectivity index (χ4v) is 2.64. The Labute approximate surface area is 132 Å². The number of hydrogen-bond donors (Lipinski definition) is 1. The van der Waals surface area contributed by atoms with E-state index in [1.165, 1.54) is 11.1 Å². The van der Waals surface area contributed by atoms with Crippen LogP contribution < -0.4 is 10.1 Å². The highest BCUT2D eigenvalue weighted by atomic mass is 35.5. The molecule has 0 aliphatic rings. The van der Waals surface area contributed by atoms with E-state index in [1.807, 2.05) is 36.4 Å². The van der Waals surface area contributed by atoms with Crippen molar-refractivity contribution < 1.29 is 4.74 Å². The van der Waals surface area contributed by atoms with Crippen LogP contribution in [0.4, 0.5) is 0 Å². The van der Waals surface area contributed by atoms with Crippen LogP contribution in [0, 0.1) is 0 Å². The van der Waals surface area contributed by atoms with E-state index >= 15 is 0 Å². The minimum Gasteiger partial charge on any atom is -0.496 e. The van der Waals surface area contributed by atoms with Gasteiger partial charge in [0.2, 0.25) is 0 Å². The Balaban J connectivity index is 2.24. The van der Waals surface area contributed by atoms with Crippen molar-refractivity contribution in [1.82, 2.24) is 5.32 Å². The highest BCUT2D eigenvalue weighted by molar-refractivity contribution is 6.30. The Morgan fingerprint density at radius 3 is 2.67 bits per heavy atom. The van der Waals surface area contributed by atoms with Crippen molar-refractivity contribution in [3.05, 3.63) is 64.7 Å². The van der Waals surface area contributed by atoms with Gasteiger partial charge in [0.1, 0.15) is 5.75 Å². The summed E-state index contributed by atoms with van der Waals surface area (Å²) in [5, 5.41) is 4.37. The Bertz CT molecular complexity index is 571. The van der Waals surface area contributed by atoms with Crippen LogP contribution in [0.25, 0.3) is 0 Å². The van der Waals surface area contributed by atoms with Crippen molar-refractivity contribution in [2.24, 2.45) is 0 Å². The van der Waals surface area contributed by atoms with Crippen LogP contribution in [-0.4, -0.2) is 13.7 Å². The van der Waals surface area contributed by atoms with Crippen molar-refractivity contribution >= 4 is 11.6 Å². The van der Waals surface area contributed by atoms with Gasteiger partial charge in [-0.15, -0.1) is 0 Å². The SMILES string of the molecule is CCCNC(Cc1ccccc1OC)c1cccc(Cl)c1. The van der Waals surface area contributed by atoms with E-state index < -0.39 is 0 Å². The number of para-hydroxylation sites is 1. The summed E-state index contributed by atoms with van der Waals surface area (Å²) >= 11 is 6.13. The van der Waals surface area contributed by atoms with Gasteiger partial charge < -0.3 is 10.1 Å². The van der Waals surface area contributed by atoms with Gasteiger partial charge in [0.05, 0.1) is 7.11 Å². The van der Waals surface area contributed by atoms with Gasteiger partial charge >= 0.3 is 0 Å². The second kappa shape index (κ2) is 8.06. The molecule has 0 saturated heterocycles. The Kier molecular flexibility index (Phi) is 6.09. The van der Waals surface area contributed by atoms with Gasteiger partial charge in [-0.2, -0.15) is 0 Å². The maximum absolute atomic E-state index is 6.13. The Morgan fingerprint density at radius 2 is 1.95 bits per heavy atom. The Hall–Kier alpha value is -1.51. The standard InChI is InChI=1S/C18H22ClNO/c1-3-11-20-17(14-8-6-9-16(19)12-14)13-15-7-4-5-10-18(15)21-2/h4-10,12,17,20H,3,11,13H2,1-2H3. The minimum atomic E-state index is 0.236. The lowest BCUT2D eigenvalue weighted by atomic mass is 9.98. The van der Waals surface area contributed by atoms with Crippen LogP contribution in [0.1, 0.15) is 30.5 Å². The van der Waals surface area contributed by atoms with E-state index in [4.69, 9.17) is 16.3 Å². The van der Waals surface area contributed by atoms with Gasteiger partial charge in [0.25, 0.3) is 0 Å². The first-order valence-electron chi connectivity index (χ1n) is 7.35. The first-order valence-corrected chi connectivity index (χ1v) is 7.73.